The zero-order chi connectivity index (χ0) is 12.7. The number of hydrogen-bond donors (Lipinski definition) is 1. The lowest BCUT2D eigenvalue weighted by Gasteiger charge is -2.04. The van der Waals surface area contributed by atoms with E-state index in [1.165, 1.54) is 12.8 Å². The number of amides is 1. The predicted molar refractivity (Wildman–Crippen MR) is 67.0 cm³/mol. The molecule has 0 aliphatic heterocycles. The van der Waals surface area contributed by atoms with Gasteiger partial charge in [-0.1, -0.05) is 0 Å². The van der Waals surface area contributed by atoms with Gasteiger partial charge in [-0.05, 0) is 25.7 Å². The quantitative estimate of drug-likeness (QED) is 0.860. The molecule has 6 heteroatoms. The van der Waals surface area contributed by atoms with E-state index in [1.54, 1.807) is 15.6 Å². The molecule has 1 amide bonds. The van der Waals surface area contributed by atoms with Gasteiger partial charge in [0.1, 0.15) is 17.6 Å². The molecule has 2 aromatic rings. The van der Waals surface area contributed by atoms with Crippen LogP contribution < -0.4 is 5.32 Å². The van der Waals surface area contributed by atoms with Gasteiger partial charge in [0.2, 0.25) is 5.91 Å². The zero-order valence-electron chi connectivity index (χ0n) is 10.7. The number of fused-ring (bicyclic) bond motifs is 1. The maximum atomic E-state index is 11.8. The minimum absolute atomic E-state index is 0.0233. The van der Waals surface area contributed by atoms with E-state index < -0.39 is 0 Å². The van der Waals surface area contributed by atoms with Gasteiger partial charge in [0, 0.05) is 13.6 Å². The van der Waals surface area contributed by atoms with Crippen molar-refractivity contribution in [1.29, 1.82) is 0 Å². The average molecular weight is 247 g/mol. The van der Waals surface area contributed by atoms with Crippen LogP contribution in [0.4, 0.5) is 0 Å². The van der Waals surface area contributed by atoms with Gasteiger partial charge in [0.25, 0.3) is 0 Å². The SMILES string of the molecule is Cc1nn(C)c2cnn(CC(=O)NCC3CC3)c12. The van der Waals surface area contributed by atoms with Gasteiger partial charge in [-0.25, -0.2) is 0 Å². The summed E-state index contributed by atoms with van der Waals surface area (Å²) in [5.74, 6) is 0.724. The highest BCUT2D eigenvalue weighted by atomic mass is 16.2. The minimum atomic E-state index is 0.0233. The van der Waals surface area contributed by atoms with Crippen LogP contribution in [0, 0.1) is 12.8 Å². The molecule has 0 spiro atoms. The Bertz CT molecular complexity index is 593. The lowest BCUT2D eigenvalue weighted by Crippen LogP contribution is -2.29. The Balaban J connectivity index is 1.75. The number of nitrogens with one attached hydrogen (secondary N) is 1. The van der Waals surface area contributed by atoms with Crippen LogP contribution >= 0.6 is 0 Å². The van der Waals surface area contributed by atoms with E-state index in [1.807, 2.05) is 14.0 Å². The van der Waals surface area contributed by atoms with Crippen LogP contribution in [0.3, 0.4) is 0 Å². The van der Waals surface area contributed by atoms with Gasteiger partial charge in [-0.2, -0.15) is 10.2 Å². The van der Waals surface area contributed by atoms with Crippen molar-refractivity contribution in [3.05, 3.63) is 11.9 Å². The van der Waals surface area contributed by atoms with Crippen LogP contribution in [-0.4, -0.2) is 32.0 Å². The molecule has 1 fully saturated rings. The van der Waals surface area contributed by atoms with Gasteiger partial charge in [-0.3, -0.25) is 14.2 Å². The number of rotatable bonds is 4. The van der Waals surface area contributed by atoms with Crippen molar-refractivity contribution in [2.75, 3.05) is 6.54 Å². The fraction of sp³-hybridized carbons (Fsp3) is 0.583. The predicted octanol–water partition coefficient (Wildman–Crippen LogP) is 0.604. The van der Waals surface area contributed by atoms with E-state index in [-0.39, 0.29) is 12.5 Å². The Morgan fingerprint density at radius 1 is 1.56 bits per heavy atom. The number of hydrogen-bond acceptors (Lipinski definition) is 3. The second-order valence-electron chi connectivity index (χ2n) is 4.99. The number of carbonyl (C=O) groups is 1. The molecule has 96 valence electrons. The zero-order valence-corrected chi connectivity index (χ0v) is 10.7. The molecule has 0 atom stereocenters. The van der Waals surface area contributed by atoms with Crippen molar-refractivity contribution in [2.45, 2.75) is 26.3 Å². The Hall–Kier alpha value is -1.85. The molecule has 2 heterocycles. The van der Waals surface area contributed by atoms with Crippen molar-refractivity contribution in [2.24, 2.45) is 13.0 Å². The number of carbonyl (C=O) groups excluding carboxylic acids is 1. The largest absolute Gasteiger partial charge is 0.354 e. The third-order valence-electron chi connectivity index (χ3n) is 3.39. The summed E-state index contributed by atoms with van der Waals surface area (Å²) in [4.78, 5) is 11.8. The van der Waals surface area contributed by atoms with E-state index in [0.717, 1.165) is 23.3 Å². The Morgan fingerprint density at radius 3 is 3.06 bits per heavy atom. The van der Waals surface area contributed by atoms with Crippen molar-refractivity contribution in [1.82, 2.24) is 24.9 Å². The lowest BCUT2D eigenvalue weighted by atomic mass is 10.4. The fourth-order valence-electron chi connectivity index (χ4n) is 2.20. The Labute approximate surface area is 105 Å². The molecular formula is C12H17N5O. The van der Waals surface area contributed by atoms with Crippen LogP contribution in [0.25, 0.3) is 11.0 Å². The van der Waals surface area contributed by atoms with E-state index in [9.17, 15) is 4.79 Å². The Kier molecular flexibility index (Phi) is 2.57. The third kappa shape index (κ3) is 1.98. The third-order valence-corrected chi connectivity index (χ3v) is 3.39. The first kappa shape index (κ1) is 11.3. The number of nitrogens with zero attached hydrogens (tertiary/aromatic N) is 4. The molecule has 0 unspecified atom stereocenters. The number of aryl methyl sites for hydroxylation is 2. The second-order valence-corrected chi connectivity index (χ2v) is 4.99. The molecule has 1 aliphatic carbocycles. The van der Waals surface area contributed by atoms with E-state index >= 15 is 0 Å². The monoisotopic (exact) mass is 247 g/mol. The summed E-state index contributed by atoms with van der Waals surface area (Å²) in [6, 6.07) is 0. The molecule has 6 nitrogen and oxygen atoms in total. The fourth-order valence-corrected chi connectivity index (χ4v) is 2.20. The van der Waals surface area contributed by atoms with Crippen LogP contribution in [0.15, 0.2) is 6.20 Å². The highest BCUT2D eigenvalue weighted by molar-refractivity contribution is 5.81. The van der Waals surface area contributed by atoms with Crippen LogP contribution in [0.1, 0.15) is 18.5 Å². The topological polar surface area (TPSA) is 64.7 Å². The first-order valence-corrected chi connectivity index (χ1v) is 6.27. The van der Waals surface area contributed by atoms with Crippen molar-refractivity contribution >= 4 is 16.9 Å². The molecule has 0 bridgehead atoms. The van der Waals surface area contributed by atoms with E-state index in [4.69, 9.17) is 0 Å². The van der Waals surface area contributed by atoms with Crippen molar-refractivity contribution in [3.63, 3.8) is 0 Å². The molecule has 1 saturated carbocycles. The van der Waals surface area contributed by atoms with Crippen LogP contribution in [-0.2, 0) is 18.4 Å². The van der Waals surface area contributed by atoms with Gasteiger partial charge >= 0.3 is 0 Å². The van der Waals surface area contributed by atoms with Gasteiger partial charge in [0.05, 0.1) is 11.9 Å². The molecular weight excluding hydrogens is 230 g/mol. The molecule has 0 radical (unpaired) electrons. The smallest absolute Gasteiger partial charge is 0.241 e. The molecule has 2 aromatic heterocycles. The molecule has 1 aliphatic rings. The van der Waals surface area contributed by atoms with Crippen LogP contribution in [0.2, 0.25) is 0 Å². The minimum Gasteiger partial charge on any atom is -0.354 e. The molecule has 1 N–H and O–H groups in total. The van der Waals surface area contributed by atoms with Gasteiger partial charge in [0.15, 0.2) is 0 Å². The average Bonchev–Trinajstić information content (AvgIpc) is 2.99. The standard InChI is InChI=1S/C12H17N5O/c1-8-12-10(16(2)15-8)6-14-17(12)7-11(18)13-5-9-3-4-9/h6,9H,3-5,7H2,1-2H3,(H,13,18). The first-order chi connectivity index (χ1) is 8.65. The van der Waals surface area contributed by atoms with Crippen LogP contribution in [0.5, 0.6) is 0 Å². The lowest BCUT2D eigenvalue weighted by molar-refractivity contribution is -0.121. The summed E-state index contributed by atoms with van der Waals surface area (Å²) in [5, 5.41) is 11.5. The maximum Gasteiger partial charge on any atom is 0.241 e. The summed E-state index contributed by atoms with van der Waals surface area (Å²) in [5.41, 5.74) is 2.81. The summed E-state index contributed by atoms with van der Waals surface area (Å²) in [6.45, 7) is 3.00. The molecule has 0 aromatic carbocycles. The summed E-state index contributed by atoms with van der Waals surface area (Å²) < 4.78 is 3.51. The Morgan fingerprint density at radius 2 is 2.33 bits per heavy atom. The maximum absolute atomic E-state index is 11.8. The summed E-state index contributed by atoms with van der Waals surface area (Å²) in [6.07, 6.45) is 4.24. The molecule has 0 saturated heterocycles. The molecule has 18 heavy (non-hydrogen) atoms. The van der Waals surface area contributed by atoms with Gasteiger partial charge < -0.3 is 5.32 Å². The van der Waals surface area contributed by atoms with Crippen molar-refractivity contribution < 1.29 is 4.79 Å². The summed E-state index contributed by atoms with van der Waals surface area (Å²) in [7, 11) is 1.88. The summed E-state index contributed by atoms with van der Waals surface area (Å²) >= 11 is 0. The highest BCUT2D eigenvalue weighted by Crippen LogP contribution is 2.27. The van der Waals surface area contributed by atoms with E-state index in [0.29, 0.717) is 5.92 Å². The highest BCUT2D eigenvalue weighted by Gasteiger charge is 2.22. The molecule has 3 rings (SSSR count). The van der Waals surface area contributed by atoms with E-state index in [2.05, 4.69) is 15.5 Å². The van der Waals surface area contributed by atoms with Crippen molar-refractivity contribution in [3.8, 4) is 0 Å². The number of aromatic nitrogens is 4. The first-order valence-electron chi connectivity index (χ1n) is 6.27. The normalized spacial score (nSPS) is 15.2. The van der Waals surface area contributed by atoms with Gasteiger partial charge in [-0.15, -0.1) is 0 Å². The second kappa shape index (κ2) is 4.12.